The first-order valence-corrected chi connectivity index (χ1v) is 8.38. The van der Waals surface area contributed by atoms with E-state index >= 15 is 0 Å². The highest BCUT2D eigenvalue weighted by atomic mass is 79.9. The van der Waals surface area contributed by atoms with E-state index < -0.39 is 0 Å². The van der Waals surface area contributed by atoms with Gasteiger partial charge in [-0.2, -0.15) is 0 Å². The SMILES string of the molecule is CNc1nc(C2CCCC(C)C2)nc(C(C)(C)C)c1Br. The third-order valence-corrected chi connectivity index (χ3v) is 4.87. The van der Waals surface area contributed by atoms with Crippen molar-refractivity contribution in [3.05, 3.63) is 16.0 Å². The molecule has 1 N–H and O–H groups in total. The van der Waals surface area contributed by atoms with Crippen molar-refractivity contribution in [3.63, 3.8) is 0 Å². The lowest BCUT2D eigenvalue weighted by atomic mass is 9.82. The van der Waals surface area contributed by atoms with Crippen molar-refractivity contribution in [2.45, 2.75) is 64.7 Å². The highest BCUT2D eigenvalue weighted by Gasteiger charge is 2.27. The third kappa shape index (κ3) is 3.33. The first-order chi connectivity index (χ1) is 9.32. The van der Waals surface area contributed by atoms with Crippen molar-refractivity contribution in [2.75, 3.05) is 12.4 Å². The fourth-order valence-electron chi connectivity index (χ4n) is 2.98. The highest BCUT2D eigenvalue weighted by Crippen LogP contribution is 2.38. The summed E-state index contributed by atoms with van der Waals surface area (Å²) in [4.78, 5) is 9.67. The Morgan fingerprint density at radius 3 is 2.45 bits per heavy atom. The van der Waals surface area contributed by atoms with Gasteiger partial charge in [-0.25, -0.2) is 9.97 Å². The average Bonchev–Trinajstić information content (AvgIpc) is 2.37. The summed E-state index contributed by atoms with van der Waals surface area (Å²) in [6.45, 7) is 8.95. The number of nitrogens with zero attached hydrogens (tertiary/aromatic N) is 2. The standard InChI is InChI=1S/C16H26BrN3/c1-10-7-6-8-11(9-10)14-19-13(16(2,3)4)12(17)15(18-5)20-14/h10-11H,6-9H2,1-5H3,(H,18,19,20). The Morgan fingerprint density at radius 2 is 1.90 bits per heavy atom. The van der Waals surface area contributed by atoms with Gasteiger partial charge in [0.25, 0.3) is 0 Å². The van der Waals surface area contributed by atoms with Crippen LogP contribution in [0.2, 0.25) is 0 Å². The van der Waals surface area contributed by atoms with Crippen molar-refractivity contribution >= 4 is 21.7 Å². The Hall–Kier alpha value is -0.640. The lowest BCUT2D eigenvalue weighted by molar-refractivity contribution is 0.334. The lowest BCUT2D eigenvalue weighted by Gasteiger charge is -2.28. The van der Waals surface area contributed by atoms with Crippen LogP contribution in [-0.2, 0) is 5.41 Å². The zero-order chi connectivity index (χ0) is 14.9. The maximum absolute atomic E-state index is 4.91. The van der Waals surface area contributed by atoms with Crippen LogP contribution in [-0.4, -0.2) is 17.0 Å². The van der Waals surface area contributed by atoms with Gasteiger partial charge in [-0.3, -0.25) is 0 Å². The summed E-state index contributed by atoms with van der Waals surface area (Å²) >= 11 is 3.66. The molecule has 0 amide bonds. The van der Waals surface area contributed by atoms with Gasteiger partial charge in [-0.15, -0.1) is 0 Å². The van der Waals surface area contributed by atoms with Crippen LogP contribution in [0.25, 0.3) is 0 Å². The third-order valence-electron chi connectivity index (χ3n) is 4.12. The van der Waals surface area contributed by atoms with Gasteiger partial charge in [-0.1, -0.05) is 40.5 Å². The number of nitrogens with one attached hydrogen (secondary N) is 1. The molecule has 2 rings (SSSR count). The number of hydrogen-bond donors (Lipinski definition) is 1. The molecule has 1 aliphatic carbocycles. The number of halogens is 1. The van der Waals surface area contributed by atoms with Crippen molar-refractivity contribution < 1.29 is 0 Å². The minimum absolute atomic E-state index is 0.0163. The minimum Gasteiger partial charge on any atom is -0.372 e. The largest absolute Gasteiger partial charge is 0.372 e. The number of anilines is 1. The molecule has 112 valence electrons. The second kappa shape index (κ2) is 6.00. The molecule has 0 bridgehead atoms. The van der Waals surface area contributed by atoms with Gasteiger partial charge in [0.05, 0.1) is 10.2 Å². The van der Waals surface area contributed by atoms with Crippen LogP contribution in [0.1, 0.15) is 70.8 Å². The molecule has 2 unspecified atom stereocenters. The van der Waals surface area contributed by atoms with E-state index in [1.54, 1.807) is 0 Å². The number of aromatic nitrogens is 2. The average molecular weight is 340 g/mol. The van der Waals surface area contributed by atoms with E-state index in [0.717, 1.165) is 27.7 Å². The van der Waals surface area contributed by atoms with Gasteiger partial charge in [0.2, 0.25) is 0 Å². The quantitative estimate of drug-likeness (QED) is 0.834. The minimum atomic E-state index is 0.0163. The first-order valence-electron chi connectivity index (χ1n) is 7.58. The molecule has 0 radical (unpaired) electrons. The maximum atomic E-state index is 4.91. The fraction of sp³-hybridized carbons (Fsp3) is 0.750. The molecule has 2 atom stereocenters. The molecule has 0 spiro atoms. The van der Waals surface area contributed by atoms with Gasteiger partial charge in [0.15, 0.2) is 0 Å². The molecule has 1 aromatic rings. The summed E-state index contributed by atoms with van der Waals surface area (Å²) in [5.41, 5.74) is 1.12. The zero-order valence-electron chi connectivity index (χ0n) is 13.3. The Bertz CT molecular complexity index is 479. The van der Waals surface area contributed by atoms with Gasteiger partial charge in [0.1, 0.15) is 11.6 Å². The van der Waals surface area contributed by atoms with Crippen LogP contribution in [0.3, 0.4) is 0 Å². The van der Waals surface area contributed by atoms with Crippen LogP contribution in [0, 0.1) is 5.92 Å². The van der Waals surface area contributed by atoms with Crippen molar-refractivity contribution in [1.29, 1.82) is 0 Å². The van der Waals surface area contributed by atoms with Crippen LogP contribution >= 0.6 is 15.9 Å². The van der Waals surface area contributed by atoms with Gasteiger partial charge in [0, 0.05) is 18.4 Å². The Labute approximate surface area is 131 Å². The Morgan fingerprint density at radius 1 is 1.20 bits per heavy atom. The smallest absolute Gasteiger partial charge is 0.144 e. The van der Waals surface area contributed by atoms with Crippen LogP contribution in [0.4, 0.5) is 5.82 Å². The molecule has 1 saturated carbocycles. The molecule has 0 aliphatic heterocycles. The summed E-state index contributed by atoms with van der Waals surface area (Å²) in [6.07, 6.45) is 5.08. The van der Waals surface area contributed by atoms with Gasteiger partial charge < -0.3 is 5.32 Å². The van der Waals surface area contributed by atoms with Crippen molar-refractivity contribution in [1.82, 2.24) is 9.97 Å². The summed E-state index contributed by atoms with van der Waals surface area (Å²) in [6, 6.07) is 0. The summed E-state index contributed by atoms with van der Waals surface area (Å²) in [5, 5.41) is 3.20. The van der Waals surface area contributed by atoms with E-state index in [2.05, 4.69) is 48.9 Å². The van der Waals surface area contributed by atoms with E-state index in [1.165, 1.54) is 25.7 Å². The van der Waals surface area contributed by atoms with Crippen molar-refractivity contribution in [2.24, 2.45) is 5.92 Å². The van der Waals surface area contributed by atoms with Crippen LogP contribution < -0.4 is 5.32 Å². The molecule has 1 aromatic heterocycles. The normalized spacial score (nSPS) is 23.7. The molecule has 0 aromatic carbocycles. The summed E-state index contributed by atoms with van der Waals surface area (Å²) in [5.74, 6) is 3.24. The zero-order valence-corrected chi connectivity index (χ0v) is 14.8. The number of rotatable bonds is 2. The maximum Gasteiger partial charge on any atom is 0.144 e. The molecule has 1 aliphatic rings. The molecule has 0 saturated heterocycles. The summed E-state index contributed by atoms with van der Waals surface area (Å²) < 4.78 is 1.00. The topological polar surface area (TPSA) is 37.8 Å². The second-order valence-electron chi connectivity index (χ2n) is 7.06. The fourth-order valence-corrected chi connectivity index (χ4v) is 3.95. The van der Waals surface area contributed by atoms with Crippen LogP contribution in [0.15, 0.2) is 4.47 Å². The molecule has 20 heavy (non-hydrogen) atoms. The Kier molecular flexibility index (Phi) is 4.73. The lowest BCUT2D eigenvalue weighted by Crippen LogP contribution is -2.21. The second-order valence-corrected chi connectivity index (χ2v) is 7.85. The van der Waals surface area contributed by atoms with Crippen LogP contribution in [0.5, 0.6) is 0 Å². The Balaban J connectivity index is 2.43. The predicted octanol–water partition coefficient (Wildman–Crippen LogP) is 4.87. The molecule has 3 nitrogen and oxygen atoms in total. The van der Waals surface area contributed by atoms with E-state index in [4.69, 9.17) is 9.97 Å². The van der Waals surface area contributed by atoms with Gasteiger partial charge in [-0.05, 0) is 34.7 Å². The monoisotopic (exact) mass is 339 g/mol. The van der Waals surface area contributed by atoms with Gasteiger partial charge >= 0.3 is 0 Å². The van der Waals surface area contributed by atoms with E-state index in [0.29, 0.717) is 5.92 Å². The highest BCUT2D eigenvalue weighted by molar-refractivity contribution is 9.10. The first kappa shape index (κ1) is 15.7. The molecular formula is C16H26BrN3. The summed E-state index contributed by atoms with van der Waals surface area (Å²) in [7, 11) is 1.92. The van der Waals surface area contributed by atoms with Crippen molar-refractivity contribution in [3.8, 4) is 0 Å². The molecule has 1 fully saturated rings. The predicted molar refractivity (Wildman–Crippen MR) is 88.4 cm³/mol. The number of hydrogen-bond acceptors (Lipinski definition) is 3. The molecular weight excluding hydrogens is 314 g/mol. The molecule has 1 heterocycles. The van der Waals surface area contributed by atoms with E-state index in [-0.39, 0.29) is 5.41 Å². The van der Waals surface area contributed by atoms with E-state index in [1.807, 2.05) is 7.05 Å². The van der Waals surface area contributed by atoms with E-state index in [9.17, 15) is 0 Å². The molecule has 4 heteroatoms.